The van der Waals surface area contributed by atoms with Gasteiger partial charge in [0.15, 0.2) is 5.82 Å². The maximum absolute atomic E-state index is 6.40. The van der Waals surface area contributed by atoms with Crippen LogP contribution in [0.5, 0.6) is 0 Å². The minimum absolute atomic E-state index is 0.636. The molecule has 1 aromatic heterocycles. The van der Waals surface area contributed by atoms with Gasteiger partial charge in [-0.25, -0.2) is 15.8 Å². The van der Waals surface area contributed by atoms with Gasteiger partial charge >= 0.3 is 0 Å². The Labute approximate surface area is 285 Å². The molecule has 0 fully saturated rings. The van der Waals surface area contributed by atoms with Crippen LogP contribution in [0, 0.1) is 0 Å². The second kappa shape index (κ2) is 12.9. The molecule has 0 aliphatic carbocycles. The van der Waals surface area contributed by atoms with Crippen LogP contribution in [0.3, 0.4) is 0 Å². The van der Waals surface area contributed by atoms with Crippen molar-refractivity contribution in [1.29, 1.82) is 0 Å². The quantitative estimate of drug-likeness (QED) is 0.104. The molecule has 5 heteroatoms. The lowest BCUT2D eigenvalue weighted by Gasteiger charge is -2.20. The van der Waals surface area contributed by atoms with Gasteiger partial charge in [-0.2, -0.15) is 0 Å². The number of nitrogens with zero attached hydrogens (tertiary/aromatic N) is 3. The zero-order valence-corrected chi connectivity index (χ0v) is 26.7. The van der Waals surface area contributed by atoms with Crippen LogP contribution in [0.25, 0.3) is 66.9 Å². The number of benzene rings is 7. The number of aromatic nitrogens is 2. The smallest absolute Gasteiger partial charge is 0.160 e. The molecule has 5 nitrogen and oxygen atoms in total. The van der Waals surface area contributed by atoms with E-state index < -0.39 is 0 Å². The van der Waals surface area contributed by atoms with Gasteiger partial charge in [-0.1, -0.05) is 133 Å². The fourth-order valence-electron chi connectivity index (χ4n) is 6.17. The van der Waals surface area contributed by atoms with E-state index in [1.165, 1.54) is 10.8 Å². The van der Waals surface area contributed by atoms with E-state index in [-0.39, 0.29) is 0 Å². The molecule has 0 spiro atoms. The van der Waals surface area contributed by atoms with Crippen LogP contribution in [0.2, 0.25) is 0 Å². The van der Waals surface area contributed by atoms with Crippen LogP contribution >= 0.6 is 0 Å². The SMILES string of the molecule is Nc1ccccc1N(N)c1ccc(-c2ccc3ccc(-c4ccc(-c5nc(-c6ccccc6)cc(-c6ccccc6)n5)cc4)cc3c2)cc1. The second-order valence-electron chi connectivity index (χ2n) is 12.0. The summed E-state index contributed by atoms with van der Waals surface area (Å²) < 4.78 is 0. The molecule has 0 bridgehead atoms. The minimum atomic E-state index is 0.636. The molecule has 0 aliphatic rings. The van der Waals surface area contributed by atoms with Crippen molar-refractivity contribution in [2.24, 2.45) is 5.84 Å². The molecule has 0 amide bonds. The molecule has 0 saturated heterocycles. The number of nitrogen functional groups attached to an aromatic ring is 1. The van der Waals surface area contributed by atoms with Gasteiger partial charge in [-0.3, -0.25) is 5.01 Å². The Morgan fingerprint density at radius 1 is 0.388 bits per heavy atom. The number of hydrogen-bond acceptors (Lipinski definition) is 5. The third kappa shape index (κ3) is 6.14. The summed E-state index contributed by atoms with van der Waals surface area (Å²) in [4.78, 5) is 9.98. The topological polar surface area (TPSA) is 81.1 Å². The highest BCUT2D eigenvalue weighted by molar-refractivity contribution is 5.91. The van der Waals surface area contributed by atoms with Crippen molar-refractivity contribution >= 4 is 27.8 Å². The summed E-state index contributed by atoms with van der Waals surface area (Å²) in [5.41, 5.74) is 17.8. The Kier molecular flexibility index (Phi) is 7.86. The number of para-hydroxylation sites is 2. The first-order valence-electron chi connectivity index (χ1n) is 16.2. The van der Waals surface area contributed by atoms with Crippen molar-refractivity contribution in [3.63, 3.8) is 0 Å². The van der Waals surface area contributed by atoms with Crippen molar-refractivity contribution in [3.05, 3.63) is 176 Å². The normalized spacial score (nSPS) is 11.0. The van der Waals surface area contributed by atoms with E-state index in [1.54, 1.807) is 5.01 Å². The fourth-order valence-corrected chi connectivity index (χ4v) is 6.17. The maximum Gasteiger partial charge on any atom is 0.160 e. The van der Waals surface area contributed by atoms with Crippen molar-refractivity contribution in [2.45, 2.75) is 0 Å². The Hall–Kier alpha value is -6.56. The van der Waals surface area contributed by atoms with E-state index in [9.17, 15) is 0 Å². The molecule has 4 N–H and O–H groups in total. The largest absolute Gasteiger partial charge is 0.397 e. The van der Waals surface area contributed by atoms with E-state index in [0.29, 0.717) is 11.5 Å². The summed E-state index contributed by atoms with van der Waals surface area (Å²) in [7, 11) is 0. The lowest BCUT2D eigenvalue weighted by atomic mass is 9.97. The Balaban J connectivity index is 1.08. The first-order chi connectivity index (χ1) is 24.1. The molecular formula is C44H33N5. The predicted octanol–water partition coefficient (Wildman–Crippen LogP) is 10.6. The number of hydrogen-bond donors (Lipinski definition) is 2. The summed E-state index contributed by atoms with van der Waals surface area (Å²) >= 11 is 0. The van der Waals surface area contributed by atoms with Crippen LogP contribution in [0.15, 0.2) is 176 Å². The summed E-state index contributed by atoms with van der Waals surface area (Å²) in [5, 5.41) is 3.98. The Morgan fingerprint density at radius 3 is 1.41 bits per heavy atom. The third-order valence-electron chi connectivity index (χ3n) is 8.86. The molecule has 0 saturated carbocycles. The molecule has 8 aromatic rings. The fraction of sp³-hybridized carbons (Fsp3) is 0. The first kappa shape index (κ1) is 29.8. The van der Waals surface area contributed by atoms with E-state index in [2.05, 4.69) is 103 Å². The number of nitrogens with two attached hydrogens (primary N) is 2. The summed E-state index contributed by atoms with van der Waals surface area (Å²) in [6.45, 7) is 0. The Bertz CT molecular complexity index is 2330. The molecule has 0 radical (unpaired) electrons. The van der Waals surface area contributed by atoms with Crippen LogP contribution in [0.1, 0.15) is 0 Å². The highest BCUT2D eigenvalue weighted by atomic mass is 15.4. The van der Waals surface area contributed by atoms with Crippen molar-refractivity contribution in [2.75, 3.05) is 10.7 Å². The summed E-state index contributed by atoms with van der Waals surface area (Å²) in [6, 6.07) is 60.1. The number of rotatable bonds is 7. The highest BCUT2D eigenvalue weighted by Crippen LogP contribution is 2.33. The molecular weight excluding hydrogens is 599 g/mol. The van der Waals surface area contributed by atoms with Gasteiger partial charge in [-0.05, 0) is 75.5 Å². The van der Waals surface area contributed by atoms with E-state index >= 15 is 0 Å². The lowest BCUT2D eigenvalue weighted by molar-refractivity contribution is 1.09. The third-order valence-corrected chi connectivity index (χ3v) is 8.86. The zero-order valence-electron chi connectivity index (χ0n) is 26.7. The van der Waals surface area contributed by atoms with Crippen LogP contribution in [-0.4, -0.2) is 9.97 Å². The average Bonchev–Trinajstić information content (AvgIpc) is 3.18. The van der Waals surface area contributed by atoms with Gasteiger partial charge in [0.1, 0.15) is 0 Å². The molecule has 0 unspecified atom stereocenters. The first-order valence-corrected chi connectivity index (χ1v) is 16.2. The molecule has 0 aliphatic heterocycles. The van der Waals surface area contributed by atoms with Crippen molar-refractivity contribution in [1.82, 2.24) is 9.97 Å². The van der Waals surface area contributed by atoms with Gasteiger partial charge in [-0.15, -0.1) is 0 Å². The molecule has 0 atom stereocenters. The molecule has 1 heterocycles. The van der Waals surface area contributed by atoms with E-state index in [1.807, 2.05) is 72.8 Å². The standard InChI is InChI=1S/C44H33N5/c45-40-13-7-8-14-43(40)49(46)39-25-23-31(24-26-39)37-22-18-32-17-21-36(27-38(32)28-37)30-15-19-35(20-16-30)44-47-41(33-9-3-1-4-10-33)29-42(48-44)34-11-5-2-6-12-34/h1-29H,45-46H2. The predicted molar refractivity (Wildman–Crippen MR) is 204 cm³/mol. The van der Waals surface area contributed by atoms with Crippen LogP contribution < -0.4 is 16.6 Å². The molecule has 8 rings (SSSR count). The molecule has 7 aromatic carbocycles. The second-order valence-corrected chi connectivity index (χ2v) is 12.0. The van der Waals surface area contributed by atoms with Crippen LogP contribution in [0.4, 0.5) is 17.1 Å². The highest BCUT2D eigenvalue weighted by Gasteiger charge is 2.12. The average molecular weight is 632 g/mol. The van der Waals surface area contributed by atoms with Crippen molar-refractivity contribution in [3.8, 4) is 56.2 Å². The van der Waals surface area contributed by atoms with Crippen molar-refractivity contribution < 1.29 is 0 Å². The number of fused-ring (bicyclic) bond motifs is 1. The minimum Gasteiger partial charge on any atom is -0.397 e. The van der Waals surface area contributed by atoms with Gasteiger partial charge in [0.05, 0.1) is 28.5 Å². The van der Waals surface area contributed by atoms with Crippen LogP contribution in [-0.2, 0) is 0 Å². The lowest BCUT2D eigenvalue weighted by Crippen LogP contribution is -2.25. The summed E-state index contributed by atoms with van der Waals surface area (Å²) in [6.07, 6.45) is 0. The van der Waals surface area contributed by atoms with Gasteiger partial charge in [0.2, 0.25) is 0 Å². The Morgan fingerprint density at radius 2 is 0.857 bits per heavy atom. The van der Waals surface area contributed by atoms with E-state index in [0.717, 1.165) is 61.7 Å². The maximum atomic E-state index is 6.40. The zero-order chi connectivity index (χ0) is 33.2. The number of hydrazine groups is 1. The van der Waals surface area contributed by atoms with Gasteiger partial charge < -0.3 is 5.73 Å². The number of anilines is 3. The van der Waals surface area contributed by atoms with Gasteiger partial charge in [0, 0.05) is 16.7 Å². The molecule has 49 heavy (non-hydrogen) atoms. The van der Waals surface area contributed by atoms with E-state index in [4.69, 9.17) is 21.5 Å². The molecule has 234 valence electrons. The van der Waals surface area contributed by atoms with Gasteiger partial charge in [0.25, 0.3) is 0 Å². The summed E-state index contributed by atoms with van der Waals surface area (Å²) in [5.74, 6) is 7.10. The monoisotopic (exact) mass is 631 g/mol.